The van der Waals surface area contributed by atoms with Gasteiger partial charge in [-0.25, -0.2) is 0 Å². The van der Waals surface area contributed by atoms with Crippen LogP contribution in [-0.4, -0.2) is 59.4 Å². The molecule has 0 spiro atoms. The van der Waals surface area contributed by atoms with Gasteiger partial charge in [0.25, 0.3) is 0 Å². The van der Waals surface area contributed by atoms with Gasteiger partial charge >= 0.3 is 5.97 Å². The topological polar surface area (TPSA) is 77.9 Å². The van der Waals surface area contributed by atoms with Crippen molar-refractivity contribution in [2.75, 3.05) is 26.7 Å². The van der Waals surface area contributed by atoms with Gasteiger partial charge in [-0.1, -0.05) is 19.8 Å². The molecule has 6 nitrogen and oxygen atoms in total. The summed E-state index contributed by atoms with van der Waals surface area (Å²) in [4.78, 5) is 39.9. The molecule has 1 saturated heterocycles. The second kappa shape index (κ2) is 7.79. The maximum absolute atomic E-state index is 12.7. The van der Waals surface area contributed by atoms with Crippen LogP contribution in [0.1, 0.15) is 45.4 Å². The third kappa shape index (κ3) is 4.24. The minimum Gasteiger partial charge on any atom is -0.481 e. The molecule has 2 rings (SSSR count). The van der Waals surface area contributed by atoms with E-state index in [1.807, 2.05) is 4.90 Å². The molecule has 2 aliphatic rings. The summed E-state index contributed by atoms with van der Waals surface area (Å²) in [6.45, 7) is 3.40. The van der Waals surface area contributed by atoms with Crippen molar-refractivity contribution in [2.45, 2.75) is 45.4 Å². The molecule has 2 fully saturated rings. The molecular weight excluding hydrogens is 296 g/mol. The average Bonchev–Trinajstić information content (AvgIpc) is 3.07. The van der Waals surface area contributed by atoms with E-state index in [4.69, 9.17) is 5.11 Å². The molecule has 0 aromatic heterocycles. The Morgan fingerprint density at radius 3 is 2.22 bits per heavy atom. The zero-order valence-corrected chi connectivity index (χ0v) is 14.2. The van der Waals surface area contributed by atoms with Crippen molar-refractivity contribution in [1.82, 2.24) is 9.80 Å². The lowest BCUT2D eigenvalue weighted by atomic mass is 9.77. The third-order valence-corrected chi connectivity index (χ3v) is 5.16. The third-order valence-electron chi connectivity index (χ3n) is 5.16. The Morgan fingerprint density at radius 1 is 1.09 bits per heavy atom. The van der Waals surface area contributed by atoms with Gasteiger partial charge < -0.3 is 14.9 Å². The van der Waals surface area contributed by atoms with Crippen molar-refractivity contribution in [3.05, 3.63) is 0 Å². The normalized spacial score (nSPS) is 25.9. The summed E-state index contributed by atoms with van der Waals surface area (Å²) in [6, 6.07) is 0. The van der Waals surface area contributed by atoms with E-state index in [2.05, 4.69) is 0 Å². The highest BCUT2D eigenvalue weighted by molar-refractivity contribution is 5.88. The summed E-state index contributed by atoms with van der Waals surface area (Å²) in [7, 11) is 1.65. The van der Waals surface area contributed by atoms with Gasteiger partial charge in [-0.3, -0.25) is 14.4 Å². The van der Waals surface area contributed by atoms with Crippen LogP contribution in [0.2, 0.25) is 0 Å². The molecule has 0 bridgehead atoms. The Kier molecular flexibility index (Phi) is 6.02. The molecule has 1 N–H and O–H groups in total. The second-order valence-corrected chi connectivity index (χ2v) is 6.99. The van der Waals surface area contributed by atoms with E-state index in [-0.39, 0.29) is 30.2 Å². The number of hydrogen-bond donors (Lipinski definition) is 1. The molecule has 3 atom stereocenters. The van der Waals surface area contributed by atoms with Crippen molar-refractivity contribution >= 4 is 17.8 Å². The Labute approximate surface area is 137 Å². The van der Waals surface area contributed by atoms with Crippen LogP contribution >= 0.6 is 0 Å². The summed E-state index contributed by atoms with van der Waals surface area (Å²) in [5.41, 5.74) is 0. The monoisotopic (exact) mass is 324 g/mol. The van der Waals surface area contributed by atoms with Crippen molar-refractivity contribution < 1.29 is 19.5 Å². The second-order valence-electron chi connectivity index (χ2n) is 6.99. The molecule has 1 aliphatic heterocycles. The highest BCUT2D eigenvalue weighted by atomic mass is 16.4. The maximum Gasteiger partial charge on any atom is 0.308 e. The molecule has 0 aromatic rings. The van der Waals surface area contributed by atoms with Crippen LogP contribution in [0.15, 0.2) is 0 Å². The number of nitrogens with zero attached hydrogens (tertiary/aromatic N) is 2. The molecule has 1 aliphatic carbocycles. The van der Waals surface area contributed by atoms with Gasteiger partial charge in [0.05, 0.1) is 5.92 Å². The van der Waals surface area contributed by atoms with E-state index >= 15 is 0 Å². The van der Waals surface area contributed by atoms with Crippen molar-refractivity contribution in [3.8, 4) is 0 Å². The van der Waals surface area contributed by atoms with Crippen molar-refractivity contribution in [1.29, 1.82) is 0 Å². The SMILES string of the molecule is CC(CN(C)C(=O)C1CCCCC1C(=O)N1CCCC1)C(=O)O. The molecule has 0 radical (unpaired) electrons. The number of rotatable bonds is 5. The van der Waals surface area contributed by atoms with E-state index in [0.717, 1.165) is 51.6 Å². The Balaban J connectivity index is 2.03. The highest BCUT2D eigenvalue weighted by Gasteiger charge is 2.39. The smallest absolute Gasteiger partial charge is 0.308 e. The predicted molar refractivity (Wildman–Crippen MR) is 85.7 cm³/mol. The number of amides is 2. The fourth-order valence-corrected chi connectivity index (χ4v) is 3.76. The van der Waals surface area contributed by atoms with Crippen LogP contribution in [0.25, 0.3) is 0 Å². The first-order valence-electron chi connectivity index (χ1n) is 8.68. The Bertz CT molecular complexity index is 460. The number of carboxylic acids is 1. The molecule has 1 heterocycles. The van der Waals surface area contributed by atoms with E-state index in [1.165, 1.54) is 4.90 Å². The van der Waals surface area contributed by atoms with E-state index < -0.39 is 11.9 Å². The maximum atomic E-state index is 12.7. The lowest BCUT2D eigenvalue weighted by molar-refractivity contribution is -0.149. The van der Waals surface area contributed by atoms with Crippen LogP contribution in [0.4, 0.5) is 0 Å². The molecule has 1 saturated carbocycles. The highest BCUT2D eigenvalue weighted by Crippen LogP contribution is 2.33. The number of likely N-dealkylation sites (tertiary alicyclic amines) is 1. The van der Waals surface area contributed by atoms with Gasteiger partial charge in [-0.15, -0.1) is 0 Å². The zero-order valence-electron chi connectivity index (χ0n) is 14.2. The first-order chi connectivity index (χ1) is 10.9. The number of carbonyl (C=O) groups is 3. The zero-order chi connectivity index (χ0) is 17.0. The number of carboxylic acid groups (broad SMARTS) is 1. The van der Waals surface area contributed by atoms with Gasteiger partial charge in [-0.05, 0) is 25.7 Å². The quantitative estimate of drug-likeness (QED) is 0.833. The Morgan fingerprint density at radius 2 is 1.65 bits per heavy atom. The van der Waals surface area contributed by atoms with Gasteiger partial charge in [0.15, 0.2) is 0 Å². The van der Waals surface area contributed by atoms with E-state index in [0.29, 0.717) is 0 Å². The molecule has 3 unspecified atom stereocenters. The van der Waals surface area contributed by atoms with Crippen LogP contribution in [0.3, 0.4) is 0 Å². The largest absolute Gasteiger partial charge is 0.481 e. The molecular formula is C17H28N2O4. The number of aliphatic carboxylic acids is 1. The van der Waals surface area contributed by atoms with Crippen LogP contribution in [-0.2, 0) is 14.4 Å². The van der Waals surface area contributed by atoms with Crippen LogP contribution in [0, 0.1) is 17.8 Å². The summed E-state index contributed by atoms with van der Waals surface area (Å²) in [5.74, 6) is -1.96. The van der Waals surface area contributed by atoms with E-state index in [9.17, 15) is 14.4 Å². The van der Waals surface area contributed by atoms with Gasteiger partial charge in [0.2, 0.25) is 11.8 Å². The molecule has 23 heavy (non-hydrogen) atoms. The minimum absolute atomic E-state index is 0.0738. The fourth-order valence-electron chi connectivity index (χ4n) is 3.76. The van der Waals surface area contributed by atoms with Crippen molar-refractivity contribution in [2.24, 2.45) is 17.8 Å². The van der Waals surface area contributed by atoms with Crippen molar-refractivity contribution in [3.63, 3.8) is 0 Å². The lowest BCUT2D eigenvalue weighted by Crippen LogP contribution is -2.46. The van der Waals surface area contributed by atoms with E-state index in [1.54, 1.807) is 14.0 Å². The summed E-state index contributed by atoms with van der Waals surface area (Å²) in [5, 5.41) is 9.01. The molecule has 0 aromatic carbocycles. The van der Waals surface area contributed by atoms with Gasteiger partial charge in [0.1, 0.15) is 0 Å². The summed E-state index contributed by atoms with van der Waals surface area (Å²) >= 11 is 0. The summed E-state index contributed by atoms with van der Waals surface area (Å²) in [6.07, 6.45) is 5.55. The number of hydrogen-bond acceptors (Lipinski definition) is 3. The molecule has 130 valence electrons. The van der Waals surface area contributed by atoms with Gasteiger partial charge in [-0.2, -0.15) is 0 Å². The lowest BCUT2D eigenvalue weighted by Gasteiger charge is -2.35. The van der Waals surface area contributed by atoms with Crippen LogP contribution in [0.5, 0.6) is 0 Å². The predicted octanol–water partition coefficient (Wildman–Crippen LogP) is 1.59. The van der Waals surface area contributed by atoms with Gasteiger partial charge in [0, 0.05) is 38.5 Å². The standard InChI is InChI=1S/C17H28N2O4/c1-12(17(22)23)11-18(2)15(20)13-7-3-4-8-14(13)16(21)19-9-5-6-10-19/h12-14H,3-11H2,1-2H3,(H,22,23). The summed E-state index contributed by atoms with van der Waals surface area (Å²) < 4.78 is 0. The fraction of sp³-hybridized carbons (Fsp3) is 0.824. The van der Waals surface area contributed by atoms with Crippen LogP contribution < -0.4 is 0 Å². The average molecular weight is 324 g/mol. The first-order valence-corrected chi connectivity index (χ1v) is 8.68. The minimum atomic E-state index is -0.905. The molecule has 2 amide bonds. The molecule has 6 heteroatoms. The number of carbonyl (C=O) groups excluding carboxylic acids is 2. The first kappa shape index (κ1) is 17.8. The Hall–Kier alpha value is -1.59.